The standard InChI is InChI=1S/C15H15ClFN3O3S2.C14H20ClNO2.C5H12NO4P/c1-23-13(21)8-24-12-7-11(10(17)6-9(12)16)18-14-19-4-2-3-5-20(19)15(22)25-14;1-4-11-7-6-8-12(5-2)14(11)16(10-18-3)13(17)9-15;1-11(9,10)3-2-4(6)5(7)8/h6-7H,2-5,8H2,1H3;6-8H,4-5,9-10H2,1-3H3;4H,2-3,6H2,1H3,(H,7,8)(H,9,10). The van der Waals surface area contributed by atoms with Gasteiger partial charge in [-0.25, -0.2) is 14.1 Å². The first kappa shape index (κ1) is 47.1. The Balaban J connectivity index is 0.000000305. The molecule has 14 nitrogen and oxygen atoms in total. The number of nitrogens with zero attached hydrogens (tertiary/aromatic N) is 4. The number of nitrogens with two attached hydrogens (primary N) is 1. The van der Waals surface area contributed by atoms with Gasteiger partial charge in [-0.1, -0.05) is 43.6 Å². The van der Waals surface area contributed by atoms with E-state index in [1.807, 2.05) is 18.2 Å². The van der Waals surface area contributed by atoms with Crippen molar-refractivity contribution in [3.63, 3.8) is 0 Å². The second-order valence-electron chi connectivity index (χ2n) is 11.8. The number of hydrogen-bond acceptors (Lipinski definition) is 11. The molecule has 20 heteroatoms. The molecule has 0 bridgehead atoms. The normalized spacial score (nSPS) is 14.0. The largest absolute Gasteiger partial charge is 0.480 e. The lowest BCUT2D eigenvalue weighted by Crippen LogP contribution is -2.35. The number of anilines is 1. The minimum absolute atomic E-state index is 0.0371. The number of aliphatic carboxylic acids is 1. The van der Waals surface area contributed by atoms with E-state index in [2.05, 4.69) is 23.6 Å². The molecule has 300 valence electrons. The molecule has 0 radical (unpaired) electrons. The highest BCUT2D eigenvalue weighted by atomic mass is 35.5. The zero-order chi connectivity index (χ0) is 40.6. The zero-order valence-corrected chi connectivity index (χ0v) is 34.8. The monoisotopic (exact) mass is 853 g/mol. The van der Waals surface area contributed by atoms with E-state index in [1.54, 1.807) is 21.4 Å². The molecule has 4 rings (SSSR count). The second-order valence-corrected chi connectivity index (χ2v) is 17.0. The summed E-state index contributed by atoms with van der Waals surface area (Å²) < 4.78 is 38.0. The van der Waals surface area contributed by atoms with Gasteiger partial charge in [0.1, 0.15) is 30.2 Å². The summed E-state index contributed by atoms with van der Waals surface area (Å²) in [6, 6.07) is 7.72. The topological polar surface area (TPSA) is 196 Å². The number of rotatable bonds is 14. The number of aryl methyl sites for hydroxylation is 2. The Kier molecular flexibility index (Phi) is 20.2. The molecular formula is C34H47Cl2FN5O9PS2. The second kappa shape index (κ2) is 23.1. The Morgan fingerprint density at radius 3 is 2.28 bits per heavy atom. The van der Waals surface area contributed by atoms with Crippen LogP contribution in [-0.2, 0) is 54.4 Å². The lowest BCUT2D eigenvalue weighted by Gasteiger charge is -2.26. The first-order valence-electron chi connectivity index (χ1n) is 16.8. The minimum atomic E-state index is -3.10. The lowest BCUT2D eigenvalue weighted by atomic mass is 10.0. The molecule has 3 aromatic rings. The van der Waals surface area contributed by atoms with Gasteiger partial charge in [-0.3, -0.25) is 33.3 Å². The van der Waals surface area contributed by atoms with Gasteiger partial charge < -0.3 is 25.2 Å². The van der Waals surface area contributed by atoms with E-state index < -0.39 is 31.2 Å². The van der Waals surface area contributed by atoms with Gasteiger partial charge in [0.05, 0.1) is 23.6 Å². The van der Waals surface area contributed by atoms with Crippen LogP contribution >= 0.6 is 53.7 Å². The molecule has 1 aliphatic heterocycles. The molecule has 2 atom stereocenters. The van der Waals surface area contributed by atoms with Crippen LogP contribution in [0.3, 0.4) is 0 Å². The number of carbonyl (C=O) groups excluding carboxylic acids is 2. The van der Waals surface area contributed by atoms with Crippen molar-refractivity contribution >= 4 is 82.9 Å². The van der Waals surface area contributed by atoms with Crippen molar-refractivity contribution in [2.24, 2.45) is 10.7 Å². The van der Waals surface area contributed by atoms with Crippen molar-refractivity contribution in [2.45, 2.75) is 70.0 Å². The molecule has 2 aromatic carbocycles. The van der Waals surface area contributed by atoms with Gasteiger partial charge in [0.15, 0.2) is 7.37 Å². The number of para-hydroxylation sites is 1. The number of alkyl halides is 1. The smallest absolute Gasteiger partial charge is 0.325 e. The van der Waals surface area contributed by atoms with Crippen molar-refractivity contribution in [2.75, 3.05) is 50.3 Å². The predicted molar refractivity (Wildman–Crippen MR) is 211 cm³/mol. The van der Waals surface area contributed by atoms with E-state index in [1.165, 1.54) is 19.8 Å². The summed E-state index contributed by atoms with van der Waals surface area (Å²) in [6.07, 6.45) is 3.64. The zero-order valence-electron chi connectivity index (χ0n) is 30.8. The van der Waals surface area contributed by atoms with Gasteiger partial charge in [0.25, 0.3) is 0 Å². The fraction of sp³-hybridized carbons (Fsp3) is 0.500. The number of fused-ring (bicyclic) bond motifs is 1. The van der Waals surface area contributed by atoms with Crippen LogP contribution in [0.5, 0.6) is 0 Å². The number of thioether (sulfide) groups is 1. The van der Waals surface area contributed by atoms with Crippen LogP contribution < -0.4 is 20.3 Å². The third kappa shape index (κ3) is 14.6. The van der Waals surface area contributed by atoms with Crippen molar-refractivity contribution in [1.82, 2.24) is 9.36 Å². The molecular weight excluding hydrogens is 807 g/mol. The quantitative estimate of drug-likeness (QED) is 0.0612. The average Bonchev–Trinajstić information content (AvgIpc) is 3.47. The highest BCUT2D eigenvalue weighted by Crippen LogP contribution is 2.36. The summed E-state index contributed by atoms with van der Waals surface area (Å²) in [4.78, 5) is 61.0. The number of esters is 1. The molecule has 0 fully saturated rings. The number of methoxy groups -OCH3 is 2. The number of carboxylic acids is 1. The number of halogens is 3. The van der Waals surface area contributed by atoms with Crippen LogP contribution in [0.2, 0.25) is 5.02 Å². The van der Waals surface area contributed by atoms with Crippen molar-refractivity contribution in [1.29, 1.82) is 0 Å². The molecule has 54 heavy (non-hydrogen) atoms. The fourth-order valence-corrected chi connectivity index (χ4v) is 7.85. The van der Waals surface area contributed by atoms with E-state index in [0.717, 1.165) is 71.7 Å². The van der Waals surface area contributed by atoms with Gasteiger partial charge in [-0.05, 0) is 66.7 Å². The van der Waals surface area contributed by atoms with Gasteiger partial charge in [-0.15, -0.1) is 23.4 Å². The Bertz CT molecular complexity index is 1900. The van der Waals surface area contributed by atoms with E-state index in [4.69, 9.17) is 43.7 Å². The van der Waals surface area contributed by atoms with Crippen LogP contribution in [0.1, 0.15) is 44.2 Å². The molecule has 2 unspecified atom stereocenters. The highest BCUT2D eigenvalue weighted by Gasteiger charge is 2.20. The van der Waals surface area contributed by atoms with E-state index in [0.29, 0.717) is 22.8 Å². The van der Waals surface area contributed by atoms with E-state index in [9.17, 15) is 28.1 Å². The van der Waals surface area contributed by atoms with Gasteiger partial charge in [0, 0.05) is 37.9 Å². The van der Waals surface area contributed by atoms with Gasteiger partial charge in [-0.2, -0.15) is 0 Å². The average molecular weight is 855 g/mol. The summed E-state index contributed by atoms with van der Waals surface area (Å²) in [5, 5.41) is 8.48. The van der Waals surface area contributed by atoms with Crippen molar-refractivity contribution in [3.8, 4) is 0 Å². The molecule has 0 spiro atoms. The predicted octanol–water partition coefficient (Wildman–Crippen LogP) is 5.47. The van der Waals surface area contributed by atoms with Gasteiger partial charge in [0.2, 0.25) is 10.7 Å². The first-order valence-corrected chi connectivity index (χ1v) is 21.8. The number of hydrogen-bond donors (Lipinski definition) is 3. The third-order valence-electron chi connectivity index (χ3n) is 7.76. The summed E-state index contributed by atoms with van der Waals surface area (Å²) in [5.41, 5.74) is 8.42. The Morgan fingerprint density at radius 2 is 1.76 bits per heavy atom. The molecule has 1 aromatic heterocycles. The molecule has 0 saturated carbocycles. The molecule has 4 N–H and O–H groups in total. The number of ether oxygens (including phenoxy) is 2. The number of carbonyl (C=O) groups is 3. The molecule has 0 saturated heterocycles. The highest BCUT2D eigenvalue weighted by molar-refractivity contribution is 8.00. The Labute approximate surface area is 331 Å². The summed E-state index contributed by atoms with van der Waals surface area (Å²) in [5.74, 6) is -2.23. The SMILES string of the molecule is CCc1cccc(CC)c1N(COC)C(=O)CCl.COC(=O)CSc1cc(N=c2sc(=O)n3n2CCCC3)c(F)cc1Cl.CP(=O)(O)CCC(N)C(=O)O. The molecule has 1 amide bonds. The van der Waals surface area contributed by atoms with Crippen LogP contribution in [0.25, 0.3) is 0 Å². The van der Waals surface area contributed by atoms with Crippen LogP contribution in [0.15, 0.2) is 45.0 Å². The molecule has 2 heterocycles. The van der Waals surface area contributed by atoms with Crippen LogP contribution in [-0.4, -0.2) is 88.7 Å². The summed E-state index contributed by atoms with van der Waals surface area (Å²) in [6.45, 7) is 6.89. The molecule has 0 aliphatic carbocycles. The van der Waals surface area contributed by atoms with Crippen LogP contribution in [0.4, 0.5) is 15.8 Å². The fourth-order valence-electron chi connectivity index (χ4n) is 4.96. The van der Waals surface area contributed by atoms with Gasteiger partial charge >= 0.3 is 16.8 Å². The number of benzene rings is 2. The van der Waals surface area contributed by atoms with E-state index >= 15 is 0 Å². The Morgan fingerprint density at radius 1 is 1.15 bits per heavy atom. The Hall–Kier alpha value is -3.02. The minimum Gasteiger partial charge on any atom is -0.480 e. The maximum absolute atomic E-state index is 14.3. The maximum Gasteiger partial charge on any atom is 0.325 e. The number of aromatic nitrogens is 2. The van der Waals surface area contributed by atoms with E-state index in [-0.39, 0.29) is 52.4 Å². The first-order chi connectivity index (χ1) is 25.5. The van der Waals surface area contributed by atoms with Crippen molar-refractivity contribution < 1.29 is 42.8 Å². The summed E-state index contributed by atoms with van der Waals surface area (Å²) >= 11 is 13.8. The van der Waals surface area contributed by atoms with Crippen molar-refractivity contribution in [3.05, 3.63) is 66.8 Å². The maximum atomic E-state index is 14.3. The summed E-state index contributed by atoms with van der Waals surface area (Å²) in [7, 11) is -0.228. The molecule has 1 aliphatic rings. The number of carboxylic acid groups (broad SMARTS) is 1. The third-order valence-corrected chi connectivity index (χ3v) is 11.4. The lowest BCUT2D eigenvalue weighted by molar-refractivity contribution is -0.139. The number of amides is 1. The van der Waals surface area contributed by atoms with Crippen LogP contribution in [0, 0.1) is 5.82 Å².